The van der Waals surface area contributed by atoms with Crippen LogP contribution in [0.25, 0.3) is 0 Å². The number of piperidine rings is 2. The van der Waals surface area contributed by atoms with E-state index in [9.17, 15) is 4.39 Å². The molecule has 2 unspecified atom stereocenters. The van der Waals surface area contributed by atoms with Crippen molar-refractivity contribution in [2.45, 2.75) is 63.7 Å². The standard InChI is InChI=1S/C17H25FN2/c1-12-6-7-17(18)13(8-12)11-19-14-9-15-4-3-5-16(10-14)20(15)2/h6-8,14-16,19H,3-5,9-11H2,1-2H3. The quantitative estimate of drug-likeness (QED) is 0.912. The Bertz CT molecular complexity index is 460. The molecular formula is C17H25FN2. The van der Waals surface area contributed by atoms with E-state index in [1.807, 2.05) is 19.1 Å². The van der Waals surface area contributed by atoms with E-state index < -0.39 is 0 Å². The maximum absolute atomic E-state index is 13.8. The van der Waals surface area contributed by atoms with Gasteiger partial charge in [0.2, 0.25) is 0 Å². The second-order valence-electron chi connectivity index (χ2n) is 6.55. The normalized spacial score (nSPS) is 30.4. The first-order chi connectivity index (χ1) is 9.63. The third-order valence-corrected chi connectivity index (χ3v) is 5.12. The highest BCUT2D eigenvalue weighted by molar-refractivity contribution is 5.24. The summed E-state index contributed by atoms with van der Waals surface area (Å²) in [6.07, 6.45) is 6.44. The number of nitrogens with one attached hydrogen (secondary N) is 1. The van der Waals surface area contributed by atoms with Gasteiger partial charge in [-0.25, -0.2) is 4.39 Å². The van der Waals surface area contributed by atoms with E-state index in [0.29, 0.717) is 12.6 Å². The van der Waals surface area contributed by atoms with Gasteiger partial charge in [-0.15, -0.1) is 0 Å². The first-order valence-electron chi connectivity index (χ1n) is 7.84. The summed E-state index contributed by atoms with van der Waals surface area (Å²) in [5, 5.41) is 3.59. The molecular weight excluding hydrogens is 251 g/mol. The molecule has 2 bridgehead atoms. The molecule has 1 aromatic carbocycles. The molecule has 0 aliphatic carbocycles. The number of aryl methyl sites for hydroxylation is 1. The molecule has 0 radical (unpaired) electrons. The van der Waals surface area contributed by atoms with E-state index in [1.54, 1.807) is 6.07 Å². The summed E-state index contributed by atoms with van der Waals surface area (Å²) in [4.78, 5) is 2.56. The number of hydrogen-bond donors (Lipinski definition) is 1. The summed E-state index contributed by atoms with van der Waals surface area (Å²) in [6.45, 7) is 2.67. The van der Waals surface area contributed by atoms with Crippen LogP contribution in [0.3, 0.4) is 0 Å². The first kappa shape index (κ1) is 14.0. The van der Waals surface area contributed by atoms with E-state index in [1.165, 1.54) is 32.1 Å². The highest BCUT2D eigenvalue weighted by Crippen LogP contribution is 2.32. The Balaban J connectivity index is 1.60. The maximum atomic E-state index is 13.8. The van der Waals surface area contributed by atoms with Gasteiger partial charge in [0.05, 0.1) is 0 Å². The van der Waals surface area contributed by atoms with E-state index in [4.69, 9.17) is 0 Å². The van der Waals surface area contributed by atoms with Gasteiger partial charge in [0.15, 0.2) is 0 Å². The number of benzene rings is 1. The number of hydrogen-bond acceptors (Lipinski definition) is 2. The monoisotopic (exact) mass is 276 g/mol. The van der Waals surface area contributed by atoms with Gasteiger partial charge in [0.1, 0.15) is 5.82 Å². The second-order valence-corrected chi connectivity index (χ2v) is 6.55. The maximum Gasteiger partial charge on any atom is 0.127 e. The molecule has 1 aromatic rings. The molecule has 2 aliphatic heterocycles. The summed E-state index contributed by atoms with van der Waals surface area (Å²) in [5.41, 5.74) is 1.93. The van der Waals surface area contributed by atoms with Gasteiger partial charge in [-0.05, 0) is 45.7 Å². The molecule has 3 heteroatoms. The second kappa shape index (κ2) is 5.82. The third kappa shape index (κ3) is 2.89. The van der Waals surface area contributed by atoms with Gasteiger partial charge in [0, 0.05) is 30.2 Å². The molecule has 110 valence electrons. The van der Waals surface area contributed by atoms with Crippen molar-refractivity contribution in [2.75, 3.05) is 7.05 Å². The predicted molar refractivity (Wildman–Crippen MR) is 80.2 cm³/mol. The molecule has 0 amide bonds. The Kier molecular flexibility index (Phi) is 4.08. The zero-order valence-electron chi connectivity index (χ0n) is 12.5. The summed E-state index contributed by atoms with van der Waals surface area (Å²) in [5.74, 6) is -0.0868. The third-order valence-electron chi connectivity index (χ3n) is 5.12. The van der Waals surface area contributed by atoms with Crippen molar-refractivity contribution in [3.05, 3.63) is 35.1 Å². The molecule has 0 saturated carbocycles. The smallest absolute Gasteiger partial charge is 0.127 e. The van der Waals surface area contributed by atoms with Gasteiger partial charge < -0.3 is 10.2 Å². The molecule has 2 saturated heterocycles. The number of fused-ring (bicyclic) bond motifs is 2. The highest BCUT2D eigenvalue weighted by atomic mass is 19.1. The molecule has 2 aliphatic rings. The minimum atomic E-state index is -0.0868. The fraction of sp³-hybridized carbons (Fsp3) is 0.647. The molecule has 2 heterocycles. The van der Waals surface area contributed by atoms with Crippen LogP contribution in [0.5, 0.6) is 0 Å². The van der Waals surface area contributed by atoms with Gasteiger partial charge in [0.25, 0.3) is 0 Å². The van der Waals surface area contributed by atoms with Crippen LogP contribution in [0.4, 0.5) is 4.39 Å². The Labute approximate surface area is 121 Å². The van der Waals surface area contributed by atoms with Crippen LogP contribution in [0.1, 0.15) is 43.2 Å². The van der Waals surface area contributed by atoms with Crippen LogP contribution in [-0.4, -0.2) is 30.1 Å². The molecule has 3 rings (SSSR count). The van der Waals surface area contributed by atoms with Crippen molar-refractivity contribution in [2.24, 2.45) is 0 Å². The lowest BCUT2D eigenvalue weighted by atomic mass is 9.82. The average molecular weight is 276 g/mol. The van der Waals surface area contributed by atoms with Crippen LogP contribution in [0, 0.1) is 12.7 Å². The van der Waals surface area contributed by atoms with E-state index >= 15 is 0 Å². The Hall–Kier alpha value is -0.930. The zero-order chi connectivity index (χ0) is 14.1. The molecule has 1 N–H and O–H groups in total. The number of nitrogens with zero attached hydrogens (tertiary/aromatic N) is 1. The van der Waals surface area contributed by atoms with Crippen molar-refractivity contribution in [1.29, 1.82) is 0 Å². The Morgan fingerprint density at radius 1 is 1.25 bits per heavy atom. The van der Waals surface area contributed by atoms with E-state index in [-0.39, 0.29) is 5.82 Å². The van der Waals surface area contributed by atoms with Gasteiger partial charge in [-0.1, -0.05) is 24.1 Å². The van der Waals surface area contributed by atoms with E-state index in [2.05, 4.69) is 17.3 Å². The molecule has 2 atom stereocenters. The van der Waals surface area contributed by atoms with Crippen LogP contribution >= 0.6 is 0 Å². The lowest BCUT2D eigenvalue weighted by molar-refractivity contribution is 0.0482. The van der Waals surface area contributed by atoms with Crippen LogP contribution in [0.15, 0.2) is 18.2 Å². The minimum Gasteiger partial charge on any atom is -0.310 e. The van der Waals surface area contributed by atoms with Crippen molar-refractivity contribution >= 4 is 0 Å². The average Bonchev–Trinajstić information content (AvgIpc) is 2.40. The number of rotatable bonds is 3. The Morgan fingerprint density at radius 2 is 1.95 bits per heavy atom. The largest absolute Gasteiger partial charge is 0.310 e. The van der Waals surface area contributed by atoms with Crippen molar-refractivity contribution < 1.29 is 4.39 Å². The van der Waals surface area contributed by atoms with E-state index in [0.717, 1.165) is 23.2 Å². The van der Waals surface area contributed by atoms with Gasteiger partial charge in [-0.2, -0.15) is 0 Å². The molecule has 0 spiro atoms. The lowest BCUT2D eigenvalue weighted by Gasteiger charge is -2.47. The summed E-state index contributed by atoms with van der Waals surface area (Å²) >= 11 is 0. The number of halogens is 1. The minimum absolute atomic E-state index is 0.0868. The lowest BCUT2D eigenvalue weighted by Crippen LogP contribution is -2.54. The first-order valence-corrected chi connectivity index (χ1v) is 7.84. The summed E-state index contributed by atoms with van der Waals surface area (Å²) in [7, 11) is 2.27. The summed E-state index contributed by atoms with van der Waals surface area (Å²) < 4.78 is 13.8. The van der Waals surface area contributed by atoms with Crippen molar-refractivity contribution in [3.63, 3.8) is 0 Å². The fourth-order valence-electron chi connectivity index (χ4n) is 3.88. The fourth-order valence-corrected chi connectivity index (χ4v) is 3.88. The van der Waals surface area contributed by atoms with Crippen molar-refractivity contribution in [1.82, 2.24) is 10.2 Å². The van der Waals surface area contributed by atoms with Crippen LogP contribution in [0.2, 0.25) is 0 Å². The van der Waals surface area contributed by atoms with Gasteiger partial charge >= 0.3 is 0 Å². The SMILES string of the molecule is Cc1ccc(F)c(CNC2CC3CCCC(C2)N3C)c1. The zero-order valence-corrected chi connectivity index (χ0v) is 12.5. The Morgan fingerprint density at radius 3 is 2.65 bits per heavy atom. The predicted octanol–water partition coefficient (Wildman–Crippen LogP) is 3.24. The van der Waals surface area contributed by atoms with Crippen molar-refractivity contribution in [3.8, 4) is 0 Å². The topological polar surface area (TPSA) is 15.3 Å². The molecule has 20 heavy (non-hydrogen) atoms. The summed E-state index contributed by atoms with van der Waals surface area (Å²) in [6, 6.07) is 7.36. The molecule has 2 fully saturated rings. The van der Waals surface area contributed by atoms with Gasteiger partial charge in [-0.3, -0.25) is 0 Å². The molecule has 0 aromatic heterocycles. The van der Waals surface area contributed by atoms with Crippen LogP contribution in [-0.2, 0) is 6.54 Å². The van der Waals surface area contributed by atoms with Crippen LogP contribution < -0.4 is 5.32 Å². The highest BCUT2D eigenvalue weighted by Gasteiger charge is 2.35. The molecule has 2 nitrogen and oxygen atoms in total.